The molecule has 0 saturated heterocycles. The first-order valence-electron chi connectivity index (χ1n) is 6.17. The summed E-state index contributed by atoms with van der Waals surface area (Å²) in [7, 11) is 0. The van der Waals surface area contributed by atoms with Crippen LogP contribution in [0.25, 0.3) is 0 Å². The van der Waals surface area contributed by atoms with E-state index in [9.17, 15) is 22.8 Å². The molecule has 21 heavy (non-hydrogen) atoms. The second kappa shape index (κ2) is 8.02. The average molecular weight is 320 g/mol. The van der Waals surface area contributed by atoms with Gasteiger partial charge in [0.25, 0.3) is 0 Å². The van der Waals surface area contributed by atoms with Crippen LogP contribution in [0.4, 0.5) is 13.2 Å². The number of hydrogen-bond acceptors (Lipinski definition) is 4. The van der Waals surface area contributed by atoms with Gasteiger partial charge < -0.3 is 5.32 Å². The van der Waals surface area contributed by atoms with Crippen molar-refractivity contribution < 1.29 is 22.8 Å². The molecule has 1 aromatic heterocycles. The molecule has 0 aliphatic heterocycles. The highest BCUT2D eigenvalue weighted by Gasteiger charge is 2.44. The zero-order valence-corrected chi connectivity index (χ0v) is 12.1. The highest BCUT2D eigenvalue weighted by atomic mass is 32.2. The first kappa shape index (κ1) is 17.5. The monoisotopic (exact) mass is 320 g/mol. The van der Waals surface area contributed by atoms with E-state index in [0.29, 0.717) is 18.2 Å². The molecule has 0 aromatic carbocycles. The fourth-order valence-electron chi connectivity index (χ4n) is 1.52. The van der Waals surface area contributed by atoms with E-state index in [0.717, 1.165) is 5.56 Å². The van der Waals surface area contributed by atoms with Crippen LogP contribution in [0.1, 0.15) is 12.5 Å². The van der Waals surface area contributed by atoms with Gasteiger partial charge in [-0.3, -0.25) is 14.6 Å². The number of halogens is 3. The van der Waals surface area contributed by atoms with E-state index in [1.165, 1.54) is 6.92 Å². The lowest BCUT2D eigenvalue weighted by Gasteiger charge is -2.18. The molecule has 1 unspecified atom stereocenters. The summed E-state index contributed by atoms with van der Waals surface area (Å²) in [4.78, 5) is 26.2. The molecular formula is C13H15F3N2O2S. The zero-order valence-electron chi connectivity index (χ0n) is 11.3. The summed E-state index contributed by atoms with van der Waals surface area (Å²) in [5.41, 5.74) is 0.868. The van der Waals surface area contributed by atoms with Gasteiger partial charge in [0.05, 0.1) is 0 Å². The third kappa shape index (κ3) is 6.61. The van der Waals surface area contributed by atoms with E-state index < -0.39 is 28.9 Å². The fourth-order valence-corrected chi connectivity index (χ4v) is 2.26. The summed E-state index contributed by atoms with van der Waals surface area (Å²) >= 11 is 0.496. The van der Waals surface area contributed by atoms with Crippen LogP contribution in [0.15, 0.2) is 24.5 Å². The Hall–Kier alpha value is -1.57. The van der Waals surface area contributed by atoms with E-state index in [1.807, 2.05) is 0 Å². The summed E-state index contributed by atoms with van der Waals surface area (Å²) in [6, 6.07) is 3.44. The number of nitrogens with one attached hydrogen (secondary N) is 1. The third-order valence-electron chi connectivity index (χ3n) is 2.63. The van der Waals surface area contributed by atoms with Crippen molar-refractivity contribution in [2.45, 2.75) is 19.5 Å². The fraction of sp³-hybridized carbons (Fsp3) is 0.462. The van der Waals surface area contributed by atoms with Gasteiger partial charge in [0.15, 0.2) is 5.12 Å². The molecule has 1 amide bonds. The molecule has 1 rings (SSSR count). The number of rotatable bonds is 6. The lowest BCUT2D eigenvalue weighted by Crippen LogP contribution is -2.41. The number of carbonyl (C=O) groups is 2. The molecule has 0 aliphatic rings. The van der Waals surface area contributed by atoms with Crippen molar-refractivity contribution in [2.24, 2.45) is 5.92 Å². The maximum absolute atomic E-state index is 12.8. The highest BCUT2D eigenvalue weighted by molar-refractivity contribution is 8.13. The molecule has 1 N–H and O–H groups in total. The molecular weight excluding hydrogens is 305 g/mol. The quantitative estimate of drug-likeness (QED) is 0.873. The second-order valence-electron chi connectivity index (χ2n) is 4.29. The molecule has 0 aliphatic carbocycles. The number of nitrogens with zero attached hydrogens (tertiary/aromatic N) is 1. The van der Waals surface area contributed by atoms with E-state index in [-0.39, 0.29) is 6.54 Å². The number of amides is 1. The van der Waals surface area contributed by atoms with Crippen molar-refractivity contribution in [2.75, 3.05) is 12.3 Å². The Bertz CT molecular complexity index is 480. The zero-order chi connectivity index (χ0) is 15.9. The summed E-state index contributed by atoms with van der Waals surface area (Å²) in [5, 5.41) is 1.81. The Balaban J connectivity index is 2.50. The van der Waals surface area contributed by atoms with E-state index in [1.54, 1.807) is 24.5 Å². The Kier molecular flexibility index (Phi) is 6.67. The van der Waals surface area contributed by atoms with Crippen LogP contribution < -0.4 is 5.32 Å². The molecule has 1 atom stereocenters. The van der Waals surface area contributed by atoms with Crippen molar-refractivity contribution in [3.63, 3.8) is 0 Å². The van der Waals surface area contributed by atoms with Gasteiger partial charge in [0, 0.05) is 31.6 Å². The van der Waals surface area contributed by atoms with Gasteiger partial charge in [-0.25, -0.2) is 0 Å². The standard InChI is InChI=1S/C13H15F3N2O2S/c1-9(19)21-8-11(13(14,15)16)12(20)18-7-4-10-2-5-17-6-3-10/h2-3,5-6,11H,4,7-8H2,1H3,(H,18,20). The second-order valence-corrected chi connectivity index (χ2v) is 5.49. The van der Waals surface area contributed by atoms with Crippen molar-refractivity contribution in [3.05, 3.63) is 30.1 Å². The smallest absolute Gasteiger partial charge is 0.355 e. The number of thioether (sulfide) groups is 1. The SMILES string of the molecule is CC(=O)SCC(C(=O)NCCc1ccncc1)C(F)(F)F. The van der Waals surface area contributed by atoms with Gasteiger partial charge in [-0.1, -0.05) is 11.8 Å². The van der Waals surface area contributed by atoms with Crippen LogP contribution in [-0.4, -0.2) is 34.5 Å². The van der Waals surface area contributed by atoms with Crippen molar-refractivity contribution in [3.8, 4) is 0 Å². The molecule has 4 nitrogen and oxygen atoms in total. The lowest BCUT2D eigenvalue weighted by molar-refractivity contribution is -0.177. The maximum atomic E-state index is 12.8. The van der Waals surface area contributed by atoms with Gasteiger partial charge in [0.2, 0.25) is 5.91 Å². The van der Waals surface area contributed by atoms with Gasteiger partial charge in [-0.2, -0.15) is 13.2 Å². The average Bonchev–Trinajstić information content (AvgIpc) is 2.38. The minimum Gasteiger partial charge on any atom is -0.355 e. The number of hydrogen-bond donors (Lipinski definition) is 1. The number of carbonyl (C=O) groups excluding carboxylic acids is 2. The molecule has 0 saturated carbocycles. The Labute approximate surface area is 124 Å². The van der Waals surface area contributed by atoms with Crippen LogP contribution in [0.2, 0.25) is 0 Å². The number of aromatic nitrogens is 1. The van der Waals surface area contributed by atoms with Crippen LogP contribution in [0.5, 0.6) is 0 Å². The van der Waals surface area contributed by atoms with Crippen molar-refractivity contribution in [1.82, 2.24) is 10.3 Å². The summed E-state index contributed by atoms with van der Waals surface area (Å²) in [6.07, 6.45) is -1.11. The van der Waals surface area contributed by atoms with Crippen LogP contribution in [0.3, 0.4) is 0 Å². The van der Waals surface area contributed by atoms with Crippen LogP contribution in [0, 0.1) is 5.92 Å². The van der Waals surface area contributed by atoms with Gasteiger partial charge in [0.1, 0.15) is 5.92 Å². The summed E-state index contributed by atoms with van der Waals surface area (Å²) in [6.45, 7) is 1.26. The van der Waals surface area contributed by atoms with Crippen LogP contribution >= 0.6 is 11.8 Å². The van der Waals surface area contributed by atoms with Crippen LogP contribution in [-0.2, 0) is 16.0 Å². The third-order valence-corrected chi connectivity index (χ3v) is 3.53. The highest BCUT2D eigenvalue weighted by Crippen LogP contribution is 2.29. The number of alkyl halides is 3. The van der Waals surface area contributed by atoms with Gasteiger partial charge in [-0.15, -0.1) is 0 Å². The molecule has 1 heterocycles. The Morgan fingerprint density at radius 1 is 1.33 bits per heavy atom. The predicted octanol–water partition coefficient (Wildman–Crippen LogP) is 2.20. The van der Waals surface area contributed by atoms with Crippen molar-refractivity contribution in [1.29, 1.82) is 0 Å². The number of pyridine rings is 1. The molecule has 116 valence electrons. The normalized spacial score (nSPS) is 12.8. The Morgan fingerprint density at radius 3 is 2.48 bits per heavy atom. The van der Waals surface area contributed by atoms with E-state index in [2.05, 4.69) is 10.3 Å². The Morgan fingerprint density at radius 2 is 1.95 bits per heavy atom. The van der Waals surface area contributed by atoms with E-state index >= 15 is 0 Å². The minimum atomic E-state index is -4.66. The first-order valence-corrected chi connectivity index (χ1v) is 7.16. The molecule has 1 aromatic rings. The topological polar surface area (TPSA) is 59.1 Å². The molecule has 8 heteroatoms. The molecule has 0 fully saturated rings. The van der Waals surface area contributed by atoms with E-state index in [4.69, 9.17) is 0 Å². The molecule has 0 radical (unpaired) electrons. The summed E-state index contributed by atoms with van der Waals surface area (Å²) < 4.78 is 38.3. The molecule has 0 bridgehead atoms. The summed E-state index contributed by atoms with van der Waals surface area (Å²) in [5.74, 6) is -3.88. The van der Waals surface area contributed by atoms with Gasteiger partial charge in [-0.05, 0) is 24.1 Å². The molecule has 0 spiro atoms. The minimum absolute atomic E-state index is 0.0974. The lowest BCUT2D eigenvalue weighted by atomic mass is 10.1. The maximum Gasteiger partial charge on any atom is 0.401 e. The van der Waals surface area contributed by atoms with Gasteiger partial charge >= 0.3 is 6.18 Å². The largest absolute Gasteiger partial charge is 0.401 e. The first-order chi connectivity index (χ1) is 9.80. The predicted molar refractivity (Wildman–Crippen MR) is 73.6 cm³/mol. The van der Waals surface area contributed by atoms with Crippen molar-refractivity contribution >= 4 is 22.8 Å².